The van der Waals surface area contributed by atoms with Crippen LogP contribution in [0.15, 0.2) is 0 Å². The van der Waals surface area contributed by atoms with Crippen molar-refractivity contribution in [2.45, 2.75) is 31.7 Å². The fourth-order valence-corrected chi connectivity index (χ4v) is 3.97. The minimum absolute atomic E-state index is 0.0778. The average molecular weight is 244 g/mol. The molecule has 92 valence electrons. The number of hydrogen-bond acceptors (Lipinski definition) is 3. The minimum Gasteiger partial charge on any atom is -0.369 e. The molecule has 2 rings (SSSR count). The monoisotopic (exact) mass is 244 g/mol. The molecule has 4 nitrogen and oxygen atoms in total. The van der Waals surface area contributed by atoms with Crippen LogP contribution in [0.25, 0.3) is 0 Å². The number of nitrogens with zero attached hydrogens (tertiary/aromatic N) is 1. The van der Waals surface area contributed by atoms with E-state index in [9.17, 15) is 9.00 Å². The van der Waals surface area contributed by atoms with Gasteiger partial charge in [0.1, 0.15) is 0 Å². The highest BCUT2D eigenvalue weighted by molar-refractivity contribution is 7.85. The third kappa shape index (κ3) is 2.83. The number of primary amides is 1. The largest absolute Gasteiger partial charge is 0.369 e. The maximum absolute atomic E-state index is 11.3. The molecule has 0 aromatic rings. The summed E-state index contributed by atoms with van der Waals surface area (Å²) >= 11 is 0. The molecule has 2 aliphatic heterocycles. The van der Waals surface area contributed by atoms with Crippen LogP contribution in [0.1, 0.15) is 25.7 Å². The molecule has 0 aromatic heterocycles. The number of hydrogen-bond donors (Lipinski definition) is 1. The molecular formula is C11H20N2O2S. The number of amides is 1. The van der Waals surface area contributed by atoms with E-state index in [4.69, 9.17) is 5.73 Å². The highest BCUT2D eigenvalue weighted by Gasteiger charge is 2.29. The third-order valence-electron chi connectivity index (χ3n) is 3.81. The molecule has 16 heavy (non-hydrogen) atoms. The summed E-state index contributed by atoms with van der Waals surface area (Å²) in [5.74, 6) is 1.62. The Hall–Kier alpha value is -0.420. The zero-order valence-electron chi connectivity index (χ0n) is 9.56. The summed E-state index contributed by atoms with van der Waals surface area (Å²) in [6, 6.07) is 0.589. The van der Waals surface area contributed by atoms with Gasteiger partial charge in [-0.25, -0.2) is 0 Å². The first-order chi connectivity index (χ1) is 7.66. The van der Waals surface area contributed by atoms with Gasteiger partial charge in [0.15, 0.2) is 0 Å². The van der Waals surface area contributed by atoms with Crippen LogP contribution in [0.4, 0.5) is 0 Å². The van der Waals surface area contributed by atoms with Crippen molar-refractivity contribution in [1.29, 1.82) is 0 Å². The summed E-state index contributed by atoms with van der Waals surface area (Å²) in [6.07, 6.45) is 3.89. The quantitative estimate of drug-likeness (QED) is 0.749. The van der Waals surface area contributed by atoms with Crippen molar-refractivity contribution in [1.82, 2.24) is 4.90 Å². The number of likely N-dealkylation sites (tertiary alicyclic amines) is 1. The van der Waals surface area contributed by atoms with E-state index in [1.165, 1.54) is 0 Å². The van der Waals surface area contributed by atoms with E-state index >= 15 is 0 Å². The van der Waals surface area contributed by atoms with Crippen LogP contribution in [0.3, 0.4) is 0 Å². The number of carbonyl (C=O) groups excluding carboxylic acids is 1. The van der Waals surface area contributed by atoms with Gasteiger partial charge in [-0.15, -0.1) is 0 Å². The van der Waals surface area contributed by atoms with E-state index in [0.29, 0.717) is 6.04 Å². The molecule has 0 bridgehead atoms. The molecule has 5 heteroatoms. The molecule has 2 saturated heterocycles. The molecule has 0 spiro atoms. The van der Waals surface area contributed by atoms with E-state index in [1.807, 2.05) is 0 Å². The van der Waals surface area contributed by atoms with E-state index in [2.05, 4.69) is 4.90 Å². The van der Waals surface area contributed by atoms with Gasteiger partial charge in [-0.3, -0.25) is 9.00 Å². The smallest absolute Gasteiger partial charge is 0.220 e. The Morgan fingerprint density at radius 3 is 2.19 bits per heavy atom. The number of nitrogens with two attached hydrogens (primary N) is 1. The van der Waals surface area contributed by atoms with Gasteiger partial charge in [0.2, 0.25) is 5.91 Å². The summed E-state index contributed by atoms with van der Waals surface area (Å²) in [6.45, 7) is 1.95. The molecule has 2 N–H and O–H groups in total. The van der Waals surface area contributed by atoms with Crippen molar-refractivity contribution in [3.8, 4) is 0 Å². The Labute approximate surface area is 99.0 Å². The highest BCUT2D eigenvalue weighted by Crippen LogP contribution is 2.23. The summed E-state index contributed by atoms with van der Waals surface area (Å²) in [4.78, 5) is 13.5. The van der Waals surface area contributed by atoms with Gasteiger partial charge in [0.25, 0.3) is 0 Å². The molecule has 0 aromatic carbocycles. The SMILES string of the molecule is NC(=O)C1CCN(C2CCS(=O)CC2)CC1. The maximum Gasteiger partial charge on any atom is 0.220 e. The van der Waals surface area contributed by atoms with Crippen molar-refractivity contribution in [2.75, 3.05) is 24.6 Å². The van der Waals surface area contributed by atoms with E-state index < -0.39 is 10.8 Å². The van der Waals surface area contributed by atoms with Crippen LogP contribution in [0, 0.1) is 5.92 Å². The molecule has 0 atom stereocenters. The first-order valence-electron chi connectivity index (χ1n) is 6.05. The molecule has 1 amide bonds. The van der Waals surface area contributed by atoms with Gasteiger partial charge in [0.05, 0.1) is 0 Å². The number of rotatable bonds is 2. The van der Waals surface area contributed by atoms with E-state index in [0.717, 1.165) is 50.3 Å². The van der Waals surface area contributed by atoms with Crippen LogP contribution >= 0.6 is 0 Å². The van der Waals surface area contributed by atoms with Crippen molar-refractivity contribution in [3.63, 3.8) is 0 Å². The fourth-order valence-electron chi connectivity index (χ4n) is 2.70. The minimum atomic E-state index is -0.580. The lowest BCUT2D eigenvalue weighted by Crippen LogP contribution is -2.46. The Balaban J connectivity index is 1.80. The van der Waals surface area contributed by atoms with Crippen molar-refractivity contribution < 1.29 is 9.00 Å². The van der Waals surface area contributed by atoms with Crippen molar-refractivity contribution >= 4 is 16.7 Å². The predicted octanol–water partition coefficient (Wildman–Crippen LogP) is 0.0948. The van der Waals surface area contributed by atoms with Gasteiger partial charge in [-0.2, -0.15) is 0 Å². The molecule has 0 aliphatic carbocycles. The van der Waals surface area contributed by atoms with E-state index in [1.54, 1.807) is 0 Å². The number of piperidine rings is 1. The fraction of sp³-hybridized carbons (Fsp3) is 0.909. The summed E-state index contributed by atoms with van der Waals surface area (Å²) in [7, 11) is -0.580. The molecule has 0 saturated carbocycles. The first kappa shape index (κ1) is 12.0. The second-order valence-corrected chi connectivity index (χ2v) is 6.49. The Bertz CT molecular complexity index is 278. The van der Waals surface area contributed by atoms with Gasteiger partial charge in [-0.05, 0) is 38.8 Å². The lowest BCUT2D eigenvalue weighted by molar-refractivity contribution is -0.123. The first-order valence-corrected chi connectivity index (χ1v) is 7.54. The van der Waals surface area contributed by atoms with Crippen LogP contribution < -0.4 is 5.73 Å². The molecule has 2 heterocycles. The number of carbonyl (C=O) groups is 1. The normalized spacial score (nSPS) is 33.8. The zero-order valence-corrected chi connectivity index (χ0v) is 10.4. The lowest BCUT2D eigenvalue weighted by Gasteiger charge is -2.38. The Morgan fingerprint density at radius 1 is 1.12 bits per heavy atom. The summed E-state index contributed by atoms with van der Waals surface area (Å²) < 4.78 is 11.3. The van der Waals surface area contributed by atoms with Crippen LogP contribution in [-0.4, -0.2) is 45.7 Å². The van der Waals surface area contributed by atoms with E-state index in [-0.39, 0.29) is 11.8 Å². The van der Waals surface area contributed by atoms with Gasteiger partial charge >= 0.3 is 0 Å². The molecule has 0 unspecified atom stereocenters. The van der Waals surface area contributed by atoms with Crippen molar-refractivity contribution in [2.24, 2.45) is 11.7 Å². The second-order valence-electron chi connectivity index (χ2n) is 4.79. The Kier molecular flexibility index (Phi) is 3.97. The molecule has 2 fully saturated rings. The van der Waals surface area contributed by atoms with Gasteiger partial charge in [-0.1, -0.05) is 0 Å². The topological polar surface area (TPSA) is 63.4 Å². The summed E-state index contributed by atoms with van der Waals surface area (Å²) in [5.41, 5.74) is 5.31. The summed E-state index contributed by atoms with van der Waals surface area (Å²) in [5, 5.41) is 0. The second kappa shape index (κ2) is 5.27. The molecule has 2 aliphatic rings. The molecular weight excluding hydrogens is 224 g/mol. The van der Waals surface area contributed by atoms with Gasteiger partial charge in [0, 0.05) is 34.3 Å². The Morgan fingerprint density at radius 2 is 1.69 bits per heavy atom. The highest BCUT2D eigenvalue weighted by atomic mass is 32.2. The van der Waals surface area contributed by atoms with Crippen LogP contribution in [0.5, 0.6) is 0 Å². The standard InChI is InChI=1S/C11H20N2O2S/c12-11(14)9-1-5-13(6-2-9)10-3-7-16(15)8-4-10/h9-10H,1-8H2,(H2,12,14). The maximum atomic E-state index is 11.3. The molecule has 0 radical (unpaired) electrons. The van der Waals surface area contributed by atoms with Crippen molar-refractivity contribution in [3.05, 3.63) is 0 Å². The van der Waals surface area contributed by atoms with Gasteiger partial charge < -0.3 is 10.6 Å². The lowest BCUT2D eigenvalue weighted by atomic mass is 9.94. The van der Waals surface area contributed by atoms with Crippen LogP contribution in [0.2, 0.25) is 0 Å². The third-order valence-corrected chi connectivity index (χ3v) is 5.19. The zero-order chi connectivity index (χ0) is 11.5. The predicted molar refractivity (Wildman–Crippen MR) is 64.4 cm³/mol. The van der Waals surface area contributed by atoms with Crippen LogP contribution in [-0.2, 0) is 15.6 Å². The average Bonchev–Trinajstić information content (AvgIpc) is 2.30.